The summed E-state index contributed by atoms with van der Waals surface area (Å²) in [6.07, 6.45) is -4.30. The minimum absolute atomic E-state index is 0.201. The third-order valence-corrected chi connectivity index (χ3v) is 2.42. The molecule has 1 heterocycles. The molecule has 3 nitrogen and oxygen atoms in total. The van der Waals surface area contributed by atoms with Crippen LogP contribution in [0.5, 0.6) is 0 Å². The number of piperazine rings is 1. The highest BCUT2D eigenvalue weighted by molar-refractivity contribution is 5.79. The second kappa shape index (κ2) is 3.66. The quantitative estimate of drug-likeness (QED) is 0.669. The van der Waals surface area contributed by atoms with Crippen LogP contribution in [-0.4, -0.2) is 41.7 Å². The maximum absolute atomic E-state index is 12.7. The summed E-state index contributed by atoms with van der Waals surface area (Å²) in [4.78, 5) is 12.3. The molecule has 0 aromatic carbocycles. The van der Waals surface area contributed by atoms with Gasteiger partial charge in [0.05, 0.1) is 6.54 Å². The van der Waals surface area contributed by atoms with Crippen LogP contribution in [0.4, 0.5) is 13.2 Å². The molecule has 6 heteroatoms. The monoisotopic (exact) mass is 224 g/mol. The van der Waals surface area contributed by atoms with Gasteiger partial charge in [0.2, 0.25) is 5.91 Å². The molecule has 0 spiro atoms. The summed E-state index contributed by atoms with van der Waals surface area (Å²) in [6, 6.07) is -1.59. The Hall–Kier alpha value is -0.780. The molecule has 0 aromatic rings. The van der Waals surface area contributed by atoms with Gasteiger partial charge in [0.15, 0.2) is 0 Å². The van der Waals surface area contributed by atoms with E-state index in [0.29, 0.717) is 0 Å². The molecule has 1 unspecified atom stereocenters. The van der Waals surface area contributed by atoms with Crippen molar-refractivity contribution in [1.29, 1.82) is 0 Å². The fourth-order valence-electron chi connectivity index (χ4n) is 1.64. The molecule has 1 N–H and O–H groups in total. The van der Waals surface area contributed by atoms with E-state index in [9.17, 15) is 18.0 Å². The van der Waals surface area contributed by atoms with Gasteiger partial charge in [-0.25, -0.2) is 0 Å². The van der Waals surface area contributed by atoms with Crippen LogP contribution >= 0.6 is 0 Å². The molecule has 1 fully saturated rings. The Bertz CT molecular complexity index is 257. The first-order valence-corrected chi connectivity index (χ1v) is 4.72. The van der Waals surface area contributed by atoms with Gasteiger partial charge in [-0.05, 0) is 20.8 Å². The molecule has 1 saturated heterocycles. The molecular formula is C9H15F3N2O. The summed E-state index contributed by atoms with van der Waals surface area (Å²) in [6.45, 7) is 4.45. The van der Waals surface area contributed by atoms with E-state index in [4.69, 9.17) is 0 Å². The third kappa shape index (κ3) is 2.84. The van der Waals surface area contributed by atoms with Gasteiger partial charge in [0.25, 0.3) is 0 Å². The average molecular weight is 224 g/mol. The number of nitrogens with one attached hydrogen (secondary N) is 1. The third-order valence-electron chi connectivity index (χ3n) is 2.42. The number of hydrogen-bond acceptors (Lipinski definition) is 2. The molecule has 0 saturated carbocycles. The molecular weight excluding hydrogens is 209 g/mol. The lowest BCUT2D eigenvalue weighted by Gasteiger charge is -2.44. The van der Waals surface area contributed by atoms with Crippen molar-refractivity contribution in [2.75, 3.05) is 13.1 Å². The largest absolute Gasteiger partial charge is 0.405 e. The smallest absolute Gasteiger partial charge is 0.353 e. The number of nitrogens with zero attached hydrogens (tertiary/aromatic N) is 1. The number of hydrogen-bond donors (Lipinski definition) is 1. The first-order valence-electron chi connectivity index (χ1n) is 4.72. The first kappa shape index (κ1) is 12.3. The van der Waals surface area contributed by atoms with E-state index in [-0.39, 0.29) is 19.0 Å². The lowest BCUT2D eigenvalue weighted by Crippen LogP contribution is -2.64. The fraction of sp³-hybridized carbons (Fsp3) is 0.889. The molecule has 1 aliphatic rings. The molecule has 0 radical (unpaired) electrons. The zero-order valence-electron chi connectivity index (χ0n) is 8.98. The summed E-state index contributed by atoms with van der Waals surface area (Å²) in [5, 5.41) is 2.24. The maximum Gasteiger partial charge on any atom is 0.405 e. The summed E-state index contributed by atoms with van der Waals surface area (Å²) >= 11 is 0. The van der Waals surface area contributed by atoms with Crippen molar-refractivity contribution >= 4 is 5.91 Å². The molecule has 15 heavy (non-hydrogen) atoms. The van der Waals surface area contributed by atoms with Crippen LogP contribution in [-0.2, 0) is 4.79 Å². The first-order chi connectivity index (χ1) is 6.62. The number of rotatable bonds is 0. The standard InChI is InChI=1S/C9H15F3N2O/c1-8(2,3)14-5-7(15)13-4-6(14)9(10,11)12/h6H,4-5H2,1-3H3,(H,13,15). The normalized spacial score (nSPS) is 25.2. The Morgan fingerprint density at radius 3 is 2.27 bits per heavy atom. The maximum atomic E-state index is 12.7. The predicted molar refractivity (Wildman–Crippen MR) is 49.3 cm³/mol. The van der Waals surface area contributed by atoms with Crippen LogP contribution in [0.25, 0.3) is 0 Å². The van der Waals surface area contributed by atoms with Gasteiger partial charge in [0.1, 0.15) is 6.04 Å². The number of carbonyl (C=O) groups is 1. The van der Waals surface area contributed by atoms with Gasteiger partial charge >= 0.3 is 6.18 Å². The van der Waals surface area contributed by atoms with Crippen molar-refractivity contribution < 1.29 is 18.0 Å². The van der Waals surface area contributed by atoms with Crippen LogP contribution in [0.15, 0.2) is 0 Å². The Labute approximate surface area is 86.6 Å². The molecule has 0 aliphatic carbocycles. The van der Waals surface area contributed by atoms with Crippen molar-refractivity contribution in [3.05, 3.63) is 0 Å². The van der Waals surface area contributed by atoms with Gasteiger partial charge in [-0.1, -0.05) is 0 Å². The lowest BCUT2D eigenvalue weighted by atomic mass is 10.0. The second-order valence-electron chi connectivity index (χ2n) is 4.66. The Balaban J connectivity index is 2.90. The molecule has 1 atom stereocenters. The molecule has 88 valence electrons. The van der Waals surface area contributed by atoms with Crippen molar-refractivity contribution in [3.8, 4) is 0 Å². The Morgan fingerprint density at radius 1 is 1.33 bits per heavy atom. The van der Waals surface area contributed by atoms with E-state index >= 15 is 0 Å². The van der Waals surface area contributed by atoms with Gasteiger partial charge < -0.3 is 5.32 Å². The van der Waals surface area contributed by atoms with Crippen LogP contribution < -0.4 is 5.32 Å². The lowest BCUT2D eigenvalue weighted by molar-refractivity contribution is -0.200. The van der Waals surface area contributed by atoms with Crippen LogP contribution in [0.3, 0.4) is 0 Å². The number of amides is 1. The Kier molecular flexibility index (Phi) is 3.00. The van der Waals surface area contributed by atoms with E-state index in [1.807, 2.05) is 0 Å². The second-order valence-corrected chi connectivity index (χ2v) is 4.66. The molecule has 1 aliphatic heterocycles. The number of halogens is 3. The minimum atomic E-state index is -4.30. The summed E-state index contributed by atoms with van der Waals surface area (Å²) in [7, 11) is 0. The van der Waals surface area contributed by atoms with Crippen molar-refractivity contribution in [1.82, 2.24) is 10.2 Å². The zero-order chi connectivity index (χ0) is 11.9. The van der Waals surface area contributed by atoms with Gasteiger partial charge in [-0.15, -0.1) is 0 Å². The molecule has 1 amide bonds. The highest BCUT2D eigenvalue weighted by Gasteiger charge is 2.49. The van der Waals surface area contributed by atoms with E-state index in [1.54, 1.807) is 20.8 Å². The summed E-state index contributed by atoms with van der Waals surface area (Å²) in [5.41, 5.74) is -0.669. The van der Waals surface area contributed by atoms with Crippen molar-refractivity contribution in [3.63, 3.8) is 0 Å². The van der Waals surface area contributed by atoms with Crippen LogP contribution in [0.1, 0.15) is 20.8 Å². The molecule has 0 bridgehead atoms. The minimum Gasteiger partial charge on any atom is -0.353 e. The van der Waals surface area contributed by atoms with Crippen LogP contribution in [0.2, 0.25) is 0 Å². The van der Waals surface area contributed by atoms with Crippen molar-refractivity contribution in [2.45, 2.75) is 38.5 Å². The van der Waals surface area contributed by atoms with Gasteiger partial charge in [-0.2, -0.15) is 13.2 Å². The SMILES string of the molecule is CC(C)(C)N1CC(=O)NCC1C(F)(F)F. The van der Waals surface area contributed by atoms with Gasteiger partial charge in [-0.3, -0.25) is 9.69 Å². The summed E-state index contributed by atoms with van der Waals surface area (Å²) in [5.74, 6) is -0.356. The van der Waals surface area contributed by atoms with E-state index in [1.165, 1.54) is 4.90 Å². The molecule has 1 rings (SSSR count). The van der Waals surface area contributed by atoms with E-state index < -0.39 is 17.8 Å². The predicted octanol–water partition coefficient (Wildman–Crippen LogP) is 1.15. The van der Waals surface area contributed by atoms with Crippen LogP contribution in [0, 0.1) is 0 Å². The number of carbonyl (C=O) groups excluding carboxylic acids is 1. The molecule has 0 aromatic heterocycles. The topological polar surface area (TPSA) is 32.3 Å². The van der Waals surface area contributed by atoms with E-state index in [2.05, 4.69) is 5.32 Å². The zero-order valence-corrected chi connectivity index (χ0v) is 8.98. The summed E-state index contributed by atoms with van der Waals surface area (Å²) < 4.78 is 38.0. The Morgan fingerprint density at radius 2 is 1.87 bits per heavy atom. The van der Waals surface area contributed by atoms with Gasteiger partial charge in [0, 0.05) is 12.1 Å². The highest BCUT2D eigenvalue weighted by Crippen LogP contribution is 2.30. The highest BCUT2D eigenvalue weighted by atomic mass is 19.4. The van der Waals surface area contributed by atoms with E-state index in [0.717, 1.165) is 0 Å². The van der Waals surface area contributed by atoms with Crippen molar-refractivity contribution in [2.24, 2.45) is 0 Å². The number of alkyl halides is 3. The fourth-order valence-corrected chi connectivity index (χ4v) is 1.64. The average Bonchev–Trinajstić information content (AvgIpc) is 2.00.